The fourth-order valence-electron chi connectivity index (χ4n) is 3.90. The van der Waals surface area contributed by atoms with E-state index < -0.39 is 0 Å². The molecule has 4 heterocycles. The van der Waals surface area contributed by atoms with Crippen LogP contribution in [0.4, 0.5) is 0 Å². The molecule has 116 valence electrons. The molecule has 2 aromatic rings. The van der Waals surface area contributed by atoms with Gasteiger partial charge in [0.25, 0.3) is 0 Å². The van der Waals surface area contributed by atoms with Crippen molar-refractivity contribution in [2.45, 2.75) is 25.4 Å². The van der Waals surface area contributed by atoms with Gasteiger partial charge in [-0.1, -0.05) is 30.3 Å². The minimum Gasteiger partial charge on any atom is -0.304 e. The molecular weight excluding hydrogens is 290 g/mol. The van der Waals surface area contributed by atoms with Crippen LogP contribution in [0.15, 0.2) is 36.5 Å². The minimum absolute atomic E-state index is 0.728. The third kappa shape index (κ3) is 2.96. The molecule has 0 saturated carbocycles. The van der Waals surface area contributed by atoms with Gasteiger partial charge in [0.1, 0.15) is 5.01 Å². The van der Waals surface area contributed by atoms with Gasteiger partial charge in [-0.25, -0.2) is 4.98 Å². The predicted molar refractivity (Wildman–Crippen MR) is 92.0 cm³/mol. The Labute approximate surface area is 136 Å². The highest BCUT2D eigenvalue weighted by atomic mass is 32.1. The first-order valence-electron chi connectivity index (χ1n) is 8.20. The molecular formula is C18H23N3S. The van der Waals surface area contributed by atoms with Gasteiger partial charge in [-0.2, -0.15) is 0 Å². The molecule has 0 N–H and O–H groups in total. The van der Waals surface area contributed by atoms with Crippen molar-refractivity contribution in [2.24, 2.45) is 5.92 Å². The lowest BCUT2D eigenvalue weighted by molar-refractivity contribution is 0.125. The van der Waals surface area contributed by atoms with Gasteiger partial charge in [-0.3, -0.25) is 4.90 Å². The van der Waals surface area contributed by atoms with Crippen LogP contribution in [0.25, 0.3) is 10.6 Å². The van der Waals surface area contributed by atoms with Crippen LogP contribution >= 0.6 is 11.3 Å². The number of hydrogen-bond donors (Lipinski definition) is 0. The molecule has 2 atom stereocenters. The van der Waals surface area contributed by atoms with Crippen LogP contribution in [0.1, 0.15) is 17.7 Å². The molecule has 0 unspecified atom stereocenters. The zero-order valence-electron chi connectivity index (χ0n) is 13.1. The zero-order valence-corrected chi connectivity index (χ0v) is 13.9. The monoisotopic (exact) mass is 313 g/mol. The fourth-order valence-corrected chi connectivity index (χ4v) is 4.85. The van der Waals surface area contributed by atoms with E-state index in [4.69, 9.17) is 0 Å². The maximum Gasteiger partial charge on any atom is 0.123 e. The molecule has 0 amide bonds. The van der Waals surface area contributed by atoms with Crippen molar-refractivity contribution in [3.8, 4) is 10.6 Å². The van der Waals surface area contributed by atoms with Gasteiger partial charge in [0.2, 0.25) is 0 Å². The molecule has 5 rings (SSSR count). The molecule has 0 radical (unpaired) electrons. The number of hydrogen-bond acceptors (Lipinski definition) is 4. The van der Waals surface area contributed by atoms with Gasteiger partial charge in [0.15, 0.2) is 0 Å². The molecule has 0 spiro atoms. The Bertz CT molecular complexity index is 624. The molecule has 3 saturated heterocycles. The van der Waals surface area contributed by atoms with E-state index in [1.165, 1.54) is 42.9 Å². The highest BCUT2D eigenvalue weighted by Gasteiger charge is 2.33. The SMILES string of the molecule is CN1C[C@@H]2CC[C@H](C1)N(Cc1cnc(-c3ccccc3)s1)C2. The first-order chi connectivity index (χ1) is 10.8. The van der Waals surface area contributed by atoms with E-state index in [0.29, 0.717) is 0 Å². The molecule has 3 nitrogen and oxygen atoms in total. The first kappa shape index (κ1) is 14.4. The molecule has 2 bridgehead atoms. The van der Waals surface area contributed by atoms with Crippen LogP contribution in [0, 0.1) is 5.92 Å². The predicted octanol–water partition coefficient (Wildman–Crippen LogP) is 3.34. The Morgan fingerprint density at radius 1 is 1.14 bits per heavy atom. The molecule has 4 heteroatoms. The second-order valence-electron chi connectivity index (χ2n) is 6.75. The molecule has 22 heavy (non-hydrogen) atoms. The molecule has 0 aliphatic carbocycles. The van der Waals surface area contributed by atoms with Crippen molar-refractivity contribution >= 4 is 11.3 Å². The molecule has 3 aliphatic rings. The highest BCUT2D eigenvalue weighted by molar-refractivity contribution is 7.15. The topological polar surface area (TPSA) is 19.4 Å². The van der Waals surface area contributed by atoms with Crippen LogP contribution in [-0.2, 0) is 6.54 Å². The summed E-state index contributed by atoms with van der Waals surface area (Å²) < 4.78 is 0. The van der Waals surface area contributed by atoms with Crippen LogP contribution < -0.4 is 0 Å². The fraction of sp³-hybridized carbons (Fsp3) is 0.500. The summed E-state index contributed by atoms with van der Waals surface area (Å²) in [7, 11) is 2.27. The number of benzene rings is 1. The van der Waals surface area contributed by atoms with Gasteiger partial charge in [0.05, 0.1) is 0 Å². The minimum atomic E-state index is 0.728. The van der Waals surface area contributed by atoms with Crippen molar-refractivity contribution in [3.05, 3.63) is 41.4 Å². The van der Waals surface area contributed by atoms with Crippen LogP contribution in [0.5, 0.6) is 0 Å². The Morgan fingerprint density at radius 2 is 2.00 bits per heavy atom. The van der Waals surface area contributed by atoms with Crippen LogP contribution in [0.3, 0.4) is 0 Å². The average molecular weight is 313 g/mol. The summed E-state index contributed by atoms with van der Waals surface area (Å²) in [5, 5.41) is 1.15. The molecule has 3 aliphatic heterocycles. The third-order valence-electron chi connectivity index (χ3n) is 4.94. The molecule has 1 aromatic heterocycles. The number of fused-ring (bicyclic) bond motifs is 4. The Morgan fingerprint density at radius 3 is 2.86 bits per heavy atom. The van der Waals surface area contributed by atoms with Crippen LogP contribution in [0.2, 0.25) is 0 Å². The van der Waals surface area contributed by atoms with E-state index >= 15 is 0 Å². The van der Waals surface area contributed by atoms with E-state index in [0.717, 1.165) is 23.5 Å². The lowest BCUT2D eigenvalue weighted by atomic mass is 9.95. The number of rotatable bonds is 3. The Kier molecular flexibility index (Phi) is 3.99. The Balaban J connectivity index is 1.49. The summed E-state index contributed by atoms with van der Waals surface area (Å²) in [5.41, 5.74) is 1.23. The zero-order chi connectivity index (χ0) is 14.9. The molecule has 3 fully saturated rings. The quantitative estimate of drug-likeness (QED) is 0.866. The Hall–Kier alpha value is -1.23. The van der Waals surface area contributed by atoms with Crippen molar-refractivity contribution in [1.82, 2.24) is 14.8 Å². The summed E-state index contributed by atoms with van der Waals surface area (Å²) in [6, 6.07) is 11.2. The number of piperidine rings is 1. The summed E-state index contributed by atoms with van der Waals surface area (Å²) in [4.78, 5) is 11.2. The lowest BCUT2D eigenvalue weighted by Gasteiger charge is -2.35. The maximum atomic E-state index is 4.63. The lowest BCUT2D eigenvalue weighted by Crippen LogP contribution is -2.42. The van der Waals surface area contributed by atoms with Crippen molar-refractivity contribution in [2.75, 3.05) is 26.7 Å². The van der Waals surface area contributed by atoms with Crippen molar-refractivity contribution < 1.29 is 0 Å². The van der Waals surface area contributed by atoms with E-state index in [1.807, 2.05) is 11.3 Å². The summed E-state index contributed by atoms with van der Waals surface area (Å²) in [5.74, 6) is 0.852. The average Bonchev–Trinajstić information content (AvgIpc) is 2.85. The summed E-state index contributed by atoms with van der Waals surface area (Å²) >= 11 is 1.85. The maximum absolute atomic E-state index is 4.63. The molecule has 1 aromatic carbocycles. The van der Waals surface area contributed by atoms with E-state index in [9.17, 15) is 0 Å². The van der Waals surface area contributed by atoms with Gasteiger partial charge in [-0.05, 0) is 25.8 Å². The number of aromatic nitrogens is 1. The van der Waals surface area contributed by atoms with E-state index in [1.54, 1.807) is 0 Å². The standard InChI is InChI=1S/C18H23N3S/c1-20-10-14-7-8-16(12-20)21(11-14)13-17-9-19-18(22-17)15-5-3-2-4-6-15/h2-6,9,14,16H,7-8,10-13H2,1H3/t14-,16+/m0/s1. The van der Waals surface area contributed by atoms with Gasteiger partial charge in [0, 0.05) is 48.9 Å². The van der Waals surface area contributed by atoms with Gasteiger partial charge in [-0.15, -0.1) is 11.3 Å². The number of thiazole rings is 1. The van der Waals surface area contributed by atoms with E-state index in [2.05, 4.69) is 58.4 Å². The van der Waals surface area contributed by atoms with Crippen molar-refractivity contribution in [3.63, 3.8) is 0 Å². The second-order valence-corrected chi connectivity index (χ2v) is 7.86. The largest absolute Gasteiger partial charge is 0.304 e. The number of nitrogens with zero attached hydrogens (tertiary/aromatic N) is 3. The van der Waals surface area contributed by atoms with Crippen molar-refractivity contribution in [1.29, 1.82) is 0 Å². The smallest absolute Gasteiger partial charge is 0.123 e. The number of likely N-dealkylation sites (N-methyl/N-ethyl adjacent to an activating group) is 1. The first-order valence-corrected chi connectivity index (χ1v) is 9.02. The highest BCUT2D eigenvalue weighted by Crippen LogP contribution is 2.31. The summed E-state index contributed by atoms with van der Waals surface area (Å²) in [6.07, 6.45) is 4.85. The summed E-state index contributed by atoms with van der Waals surface area (Å²) in [6.45, 7) is 4.82. The van der Waals surface area contributed by atoms with E-state index in [-0.39, 0.29) is 0 Å². The third-order valence-corrected chi connectivity index (χ3v) is 5.97. The van der Waals surface area contributed by atoms with Crippen LogP contribution in [-0.4, -0.2) is 47.5 Å². The second kappa shape index (κ2) is 6.11. The van der Waals surface area contributed by atoms with Gasteiger partial charge >= 0.3 is 0 Å². The normalized spacial score (nSPS) is 26.2. The van der Waals surface area contributed by atoms with Gasteiger partial charge < -0.3 is 4.90 Å².